The fourth-order valence-corrected chi connectivity index (χ4v) is 4.15. The molecular formula is C15H20O4. The number of rotatable bonds is 0. The number of carbonyl (C=O) groups excluding carboxylic acids is 1. The SMILES string of the molecule is C=C1C(=O)OC2C[C@@H](C)[C@@H]3C=CC(O)[C@@]3(C)[C@@H](O)C12. The van der Waals surface area contributed by atoms with E-state index in [4.69, 9.17) is 4.74 Å². The van der Waals surface area contributed by atoms with Gasteiger partial charge in [-0.25, -0.2) is 4.79 Å². The van der Waals surface area contributed by atoms with Crippen LogP contribution in [0.25, 0.3) is 0 Å². The summed E-state index contributed by atoms with van der Waals surface area (Å²) in [4.78, 5) is 11.7. The highest BCUT2D eigenvalue weighted by atomic mass is 16.6. The first-order valence-corrected chi connectivity index (χ1v) is 6.81. The average Bonchev–Trinajstić information content (AvgIpc) is 2.77. The highest BCUT2D eigenvalue weighted by Crippen LogP contribution is 2.54. The van der Waals surface area contributed by atoms with Gasteiger partial charge in [0.25, 0.3) is 0 Å². The fraction of sp³-hybridized carbons (Fsp3) is 0.667. The first-order chi connectivity index (χ1) is 8.87. The molecule has 0 amide bonds. The van der Waals surface area contributed by atoms with Crippen molar-refractivity contribution in [2.75, 3.05) is 0 Å². The van der Waals surface area contributed by atoms with Crippen LogP contribution in [-0.4, -0.2) is 34.5 Å². The third-order valence-electron chi connectivity index (χ3n) is 5.37. The van der Waals surface area contributed by atoms with Crippen LogP contribution in [0.4, 0.5) is 0 Å². The second-order valence-corrected chi connectivity index (χ2v) is 6.37. The highest BCUT2D eigenvalue weighted by Gasteiger charge is 2.59. The molecule has 0 aromatic heterocycles. The zero-order chi connectivity index (χ0) is 13.9. The van der Waals surface area contributed by atoms with Gasteiger partial charge in [0.1, 0.15) is 6.10 Å². The third kappa shape index (κ3) is 1.50. The molecule has 4 nitrogen and oxygen atoms in total. The van der Waals surface area contributed by atoms with Crippen molar-refractivity contribution in [3.8, 4) is 0 Å². The molecule has 0 bridgehead atoms. The van der Waals surface area contributed by atoms with Gasteiger partial charge in [-0.15, -0.1) is 0 Å². The summed E-state index contributed by atoms with van der Waals surface area (Å²) in [5.41, 5.74) is -0.332. The highest BCUT2D eigenvalue weighted by molar-refractivity contribution is 5.91. The van der Waals surface area contributed by atoms with Crippen molar-refractivity contribution >= 4 is 5.97 Å². The van der Waals surface area contributed by atoms with Crippen LogP contribution in [0.1, 0.15) is 20.3 Å². The van der Waals surface area contributed by atoms with Gasteiger partial charge in [-0.1, -0.05) is 32.6 Å². The Morgan fingerprint density at radius 1 is 1.42 bits per heavy atom. The van der Waals surface area contributed by atoms with Gasteiger partial charge in [-0.2, -0.15) is 0 Å². The van der Waals surface area contributed by atoms with E-state index >= 15 is 0 Å². The lowest BCUT2D eigenvalue weighted by Crippen LogP contribution is -2.48. The van der Waals surface area contributed by atoms with Crippen molar-refractivity contribution in [2.24, 2.45) is 23.2 Å². The van der Waals surface area contributed by atoms with E-state index in [1.807, 2.05) is 13.0 Å². The zero-order valence-electron chi connectivity index (χ0n) is 11.2. The first-order valence-electron chi connectivity index (χ1n) is 6.81. The number of aliphatic hydroxyl groups is 2. The minimum absolute atomic E-state index is 0.0922. The molecule has 0 aromatic carbocycles. The van der Waals surface area contributed by atoms with Crippen molar-refractivity contribution in [1.82, 2.24) is 0 Å². The lowest BCUT2D eigenvalue weighted by atomic mass is 9.67. The minimum atomic E-state index is -0.823. The quantitative estimate of drug-likeness (QED) is 0.390. The van der Waals surface area contributed by atoms with Crippen LogP contribution in [0.15, 0.2) is 24.3 Å². The van der Waals surface area contributed by atoms with Crippen LogP contribution in [0, 0.1) is 23.2 Å². The Morgan fingerprint density at radius 3 is 2.79 bits per heavy atom. The van der Waals surface area contributed by atoms with E-state index in [1.165, 1.54) is 0 Å². The topological polar surface area (TPSA) is 66.8 Å². The van der Waals surface area contributed by atoms with E-state index in [0.29, 0.717) is 12.0 Å². The number of aliphatic hydroxyl groups excluding tert-OH is 2. The van der Waals surface area contributed by atoms with E-state index in [1.54, 1.807) is 6.08 Å². The molecule has 3 unspecified atom stereocenters. The molecule has 4 heteroatoms. The average molecular weight is 264 g/mol. The summed E-state index contributed by atoms with van der Waals surface area (Å²) in [6.07, 6.45) is 2.61. The number of allylic oxidation sites excluding steroid dienone is 1. The van der Waals surface area contributed by atoms with Crippen LogP contribution in [-0.2, 0) is 9.53 Å². The molecule has 2 fully saturated rings. The molecule has 3 rings (SSSR count). The molecule has 1 heterocycles. The summed E-state index contributed by atoms with van der Waals surface area (Å²) in [6.45, 7) is 7.74. The molecule has 0 aromatic rings. The molecule has 2 aliphatic carbocycles. The van der Waals surface area contributed by atoms with Crippen LogP contribution in [0.5, 0.6) is 0 Å². The molecule has 1 aliphatic heterocycles. The molecule has 0 spiro atoms. The van der Waals surface area contributed by atoms with E-state index < -0.39 is 29.5 Å². The molecule has 1 saturated heterocycles. The van der Waals surface area contributed by atoms with E-state index in [0.717, 1.165) is 0 Å². The van der Waals surface area contributed by atoms with E-state index in [-0.39, 0.29) is 17.9 Å². The zero-order valence-corrected chi connectivity index (χ0v) is 11.2. The number of carbonyl (C=O) groups is 1. The molecule has 7 atom stereocenters. The van der Waals surface area contributed by atoms with Gasteiger partial charge >= 0.3 is 5.97 Å². The molecule has 19 heavy (non-hydrogen) atoms. The van der Waals surface area contributed by atoms with Crippen LogP contribution in [0.3, 0.4) is 0 Å². The molecular weight excluding hydrogens is 244 g/mol. The van der Waals surface area contributed by atoms with Crippen molar-refractivity contribution in [2.45, 2.75) is 38.6 Å². The van der Waals surface area contributed by atoms with E-state index in [2.05, 4.69) is 13.5 Å². The van der Waals surface area contributed by atoms with Gasteiger partial charge < -0.3 is 14.9 Å². The Labute approximate surface area is 112 Å². The number of ether oxygens (including phenoxy) is 1. The van der Waals surface area contributed by atoms with Gasteiger partial charge in [0.05, 0.1) is 18.1 Å². The molecule has 1 saturated carbocycles. The summed E-state index contributed by atoms with van der Waals surface area (Å²) in [7, 11) is 0. The monoisotopic (exact) mass is 264 g/mol. The number of hydrogen-bond donors (Lipinski definition) is 2. The second kappa shape index (κ2) is 3.93. The minimum Gasteiger partial charge on any atom is -0.458 e. The molecule has 0 radical (unpaired) electrons. The summed E-state index contributed by atoms with van der Waals surface area (Å²) >= 11 is 0. The van der Waals surface area contributed by atoms with Crippen LogP contribution >= 0.6 is 0 Å². The maximum Gasteiger partial charge on any atom is 0.334 e. The van der Waals surface area contributed by atoms with Gasteiger partial charge in [-0.05, 0) is 18.3 Å². The fourth-order valence-electron chi connectivity index (χ4n) is 4.15. The number of hydrogen-bond acceptors (Lipinski definition) is 4. The Hall–Kier alpha value is -1.13. The van der Waals surface area contributed by atoms with Gasteiger partial charge in [0.2, 0.25) is 0 Å². The standard InChI is InChI=1S/C15H20O4/c1-7-6-10-12(8(2)14(18)19-10)13(17)15(3)9(7)4-5-11(15)16/h4-5,7,9-13,16-17H,2,6H2,1,3H3/t7-,9+,10?,11?,12?,13+,15+/m1/s1. The maximum absolute atomic E-state index is 11.7. The van der Waals surface area contributed by atoms with Crippen LogP contribution in [0.2, 0.25) is 0 Å². The third-order valence-corrected chi connectivity index (χ3v) is 5.37. The maximum atomic E-state index is 11.7. The molecule has 3 aliphatic rings. The van der Waals surface area contributed by atoms with Crippen molar-refractivity contribution in [3.05, 3.63) is 24.3 Å². The van der Waals surface area contributed by atoms with Gasteiger partial charge in [-0.3, -0.25) is 0 Å². The van der Waals surface area contributed by atoms with E-state index in [9.17, 15) is 15.0 Å². The van der Waals surface area contributed by atoms with Crippen molar-refractivity contribution in [3.63, 3.8) is 0 Å². The summed E-state index contributed by atoms with van der Waals surface area (Å²) in [6, 6.07) is 0. The predicted molar refractivity (Wildman–Crippen MR) is 69.0 cm³/mol. The second-order valence-electron chi connectivity index (χ2n) is 6.37. The Balaban J connectivity index is 2.06. The smallest absolute Gasteiger partial charge is 0.334 e. The van der Waals surface area contributed by atoms with Gasteiger partial charge in [0.15, 0.2) is 0 Å². The molecule has 2 N–H and O–H groups in total. The summed E-state index contributed by atoms with van der Waals surface area (Å²) < 4.78 is 5.34. The van der Waals surface area contributed by atoms with Crippen molar-refractivity contribution < 1.29 is 19.7 Å². The largest absolute Gasteiger partial charge is 0.458 e. The van der Waals surface area contributed by atoms with Crippen molar-refractivity contribution in [1.29, 1.82) is 0 Å². The number of fused-ring (bicyclic) bond motifs is 2. The lowest BCUT2D eigenvalue weighted by Gasteiger charge is -2.41. The Bertz CT molecular complexity index is 469. The summed E-state index contributed by atoms with van der Waals surface area (Å²) in [5, 5.41) is 21.0. The number of esters is 1. The summed E-state index contributed by atoms with van der Waals surface area (Å²) in [5.74, 6) is -0.486. The molecule has 104 valence electrons. The van der Waals surface area contributed by atoms with Crippen LogP contribution < -0.4 is 0 Å². The normalized spacial score (nSPS) is 52.6. The lowest BCUT2D eigenvalue weighted by molar-refractivity contribution is -0.140. The predicted octanol–water partition coefficient (Wildman–Crippen LogP) is 1.04. The van der Waals surface area contributed by atoms with Gasteiger partial charge in [0, 0.05) is 11.0 Å². The Kier molecular flexibility index (Phi) is 2.67. The Morgan fingerprint density at radius 2 is 2.11 bits per heavy atom. The first kappa shape index (κ1) is 12.9.